The summed E-state index contributed by atoms with van der Waals surface area (Å²) in [6, 6.07) is 17.9. The van der Waals surface area contributed by atoms with Crippen molar-refractivity contribution in [3.63, 3.8) is 0 Å². The van der Waals surface area contributed by atoms with Gasteiger partial charge in [0.2, 0.25) is 12.3 Å². The van der Waals surface area contributed by atoms with Crippen molar-refractivity contribution < 1.29 is 106 Å². The summed E-state index contributed by atoms with van der Waals surface area (Å²) in [7, 11) is 0. The first-order valence-electron chi connectivity index (χ1n) is 18.2. The summed E-state index contributed by atoms with van der Waals surface area (Å²) in [5.74, 6) is -72.2. The molecule has 0 spiro atoms. The number of halogens is 21. The summed E-state index contributed by atoms with van der Waals surface area (Å²) < 4.78 is 308. The third-order valence-corrected chi connectivity index (χ3v) is 10.4. The molecule has 25 heteroatoms. The Labute approximate surface area is 364 Å². The molecule has 0 radical (unpaired) electrons. The summed E-state index contributed by atoms with van der Waals surface area (Å²) in [4.78, 5) is 24.4. The van der Waals surface area contributed by atoms with Crippen LogP contribution in [0.15, 0.2) is 66.9 Å². The average molecular weight is 987 g/mol. The minimum Gasteiger partial charge on any atom is -0.287 e. The number of rotatable bonds is 9. The second kappa shape index (κ2) is 18.7. The van der Waals surface area contributed by atoms with Gasteiger partial charge in [-0.15, -0.1) is 21.9 Å². The first-order valence-corrected chi connectivity index (χ1v) is 18.2. The zero-order chi connectivity index (χ0) is 50.6. The van der Waals surface area contributed by atoms with Gasteiger partial charge in [0.15, 0.2) is 82.7 Å². The number of nitrogens with zero attached hydrogens (tertiary/aromatic N) is 1. The van der Waals surface area contributed by atoms with E-state index in [2.05, 4.69) is 0 Å². The van der Waals surface area contributed by atoms with E-state index in [1.807, 2.05) is 24.3 Å². The number of fused-ring (bicyclic) bond motifs is 1. The Morgan fingerprint density at radius 1 is 0.368 bits per heavy atom. The molecule has 0 unspecified atom stereocenters. The smallest absolute Gasteiger partial charge is 0.259 e. The van der Waals surface area contributed by atoms with Crippen LogP contribution < -0.4 is 26.4 Å². The molecule has 3 nitrogen and oxygen atoms in total. The van der Waals surface area contributed by atoms with Crippen LogP contribution in [0.2, 0.25) is 0 Å². The van der Waals surface area contributed by atoms with Gasteiger partial charge in [0, 0.05) is 11.6 Å². The van der Waals surface area contributed by atoms with Crippen molar-refractivity contribution in [3.05, 3.63) is 194 Å². The summed E-state index contributed by atoms with van der Waals surface area (Å²) >= 11 is 0. The molecule has 0 saturated carbocycles. The highest BCUT2D eigenvalue weighted by molar-refractivity contribution is 7.20. The van der Waals surface area contributed by atoms with Crippen LogP contribution in [-0.4, -0.2) is 24.4 Å². The topological polar surface area (TPSA) is 38.0 Å². The molecule has 0 aliphatic rings. The number of carbonyl (C=O) groups excluding carboxylic acids is 2. The molecular formula is C43H15BF21NO2. The van der Waals surface area contributed by atoms with Gasteiger partial charge in [0.25, 0.3) is 11.5 Å². The third-order valence-electron chi connectivity index (χ3n) is 10.4. The molecular weight excluding hydrogens is 972 g/mol. The Hall–Kier alpha value is -7.34. The molecule has 0 amide bonds. The fourth-order valence-electron chi connectivity index (χ4n) is 7.51. The van der Waals surface area contributed by atoms with Crippen LogP contribution in [0.1, 0.15) is 20.8 Å². The molecule has 68 heavy (non-hydrogen) atoms. The van der Waals surface area contributed by atoms with Crippen LogP contribution in [0, 0.1) is 116 Å². The van der Waals surface area contributed by atoms with Gasteiger partial charge in [-0.2, -0.15) is 4.57 Å². The van der Waals surface area contributed by atoms with Crippen molar-refractivity contribution in [2.45, 2.75) is 6.54 Å². The Kier molecular flexibility index (Phi) is 13.8. The Bertz CT molecular complexity index is 2860. The first kappa shape index (κ1) is 50.1. The van der Waals surface area contributed by atoms with Gasteiger partial charge in [-0.05, 0) is 11.5 Å². The lowest BCUT2D eigenvalue weighted by molar-refractivity contribution is -0.683. The zero-order valence-electron chi connectivity index (χ0n) is 32.5. The second-order valence-corrected chi connectivity index (χ2v) is 14.0. The maximum absolute atomic E-state index is 15.4. The fraction of sp³-hybridized carbons (Fsp3) is 0.0465. The summed E-state index contributed by atoms with van der Waals surface area (Å²) in [6.45, 7) is -1.09. The van der Waals surface area contributed by atoms with Gasteiger partial charge in [-0.3, -0.25) is 9.59 Å². The molecule has 0 atom stereocenters. The van der Waals surface area contributed by atoms with Gasteiger partial charge in [-0.1, -0.05) is 48.5 Å². The molecule has 1 aromatic heterocycles. The highest BCUT2D eigenvalue weighted by Crippen LogP contribution is 2.31. The molecule has 1 heterocycles. The largest absolute Gasteiger partial charge is 0.287 e. The lowest BCUT2D eigenvalue weighted by Crippen LogP contribution is -2.81. The Balaban J connectivity index is 0.000000276. The van der Waals surface area contributed by atoms with Crippen molar-refractivity contribution >= 4 is 50.3 Å². The van der Waals surface area contributed by atoms with E-state index in [9.17, 15) is 66.7 Å². The molecule has 0 fully saturated rings. The van der Waals surface area contributed by atoms with Crippen molar-refractivity contribution in [2.75, 3.05) is 6.67 Å². The number of Topliss-reactive ketones (excluding diaryl/α,β-unsaturated/α-hetero) is 2. The molecule has 7 rings (SSSR count). The number of ketones is 2. The molecule has 0 N–H and O–H groups in total. The molecule has 6 aromatic carbocycles. The minimum absolute atomic E-state index is 0.00405. The lowest BCUT2D eigenvalue weighted by atomic mass is 9.12. The Morgan fingerprint density at radius 2 is 0.662 bits per heavy atom. The van der Waals surface area contributed by atoms with Crippen LogP contribution in [-0.2, 0) is 6.54 Å². The van der Waals surface area contributed by atoms with E-state index < -0.39 is 157 Å². The average Bonchev–Trinajstić information content (AvgIpc) is 3.33. The first-order chi connectivity index (χ1) is 31.9. The van der Waals surface area contributed by atoms with Crippen LogP contribution in [0.4, 0.5) is 92.2 Å². The van der Waals surface area contributed by atoms with E-state index in [0.717, 1.165) is 5.39 Å². The van der Waals surface area contributed by atoms with E-state index in [0.29, 0.717) is 10.9 Å². The molecule has 0 saturated heterocycles. The Morgan fingerprint density at radius 3 is 0.985 bits per heavy atom. The van der Waals surface area contributed by atoms with E-state index in [1.54, 1.807) is 42.6 Å². The summed E-state index contributed by atoms with van der Waals surface area (Å²) in [5, 5.41) is 1.49. The highest BCUT2D eigenvalue weighted by Gasteiger charge is 2.52. The van der Waals surface area contributed by atoms with Gasteiger partial charge >= 0.3 is 0 Å². The van der Waals surface area contributed by atoms with Gasteiger partial charge in [0.1, 0.15) is 52.7 Å². The maximum atomic E-state index is 15.4. The number of carbonyl (C=O) groups is 2. The maximum Gasteiger partial charge on any atom is 0.259 e. The zero-order valence-corrected chi connectivity index (χ0v) is 32.5. The fourth-order valence-corrected chi connectivity index (χ4v) is 7.51. The normalized spacial score (nSPS) is 11.5. The molecule has 7 aromatic rings. The van der Waals surface area contributed by atoms with Crippen molar-refractivity contribution in [1.82, 2.24) is 0 Å². The van der Waals surface area contributed by atoms with Crippen LogP contribution in [0.5, 0.6) is 0 Å². The van der Waals surface area contributed by atoms with Crippen LogP contribution in [0.25, 0.3) is 10.8 Å². The van der Waals surface area contributed by atoms with Gasteiger partial charge in [0.05, 0.1) is 5.39 Å². The predicted octanol–water partition coefficient (Wildman–Crippen LogP) is 9.01. The monoisotopic (exact) mass is 987 g/mol. The molecule has 0 aliphatic carbocycles. The number of aromatic nitrogens is 1. The van der Waals surface area contributed by atoms with Gasteiger partial charge < -0.3 is 0 Å². The molecule has 0 aliphatic heterocycles. The van der Waals surface area contributed by atoms with E-state index in [4.69, 9.17) is 0 Å². The third kappa shape index (κ3) is 7.75. The number of alkyl halides is 1. The molecule has 354 valence electrons. The standard InChI is InChI=1S/C24BF20.C19H15FNO2/c26-5-1(6(27)14(35)21(42)13(5)34)25(2-7(28)15(36)22(43)16(37)8(2)29,3-9(30)17(38)23(44)18(39)10(3)31)4-11(32)19(40)24(45)20(41)12(4)33;20-12-17(22)19-16-9-5-4-6-14(16)10-11-21(19)13-18(23)15-7-2-1-3-8-15/h;1-11H,12-13H2/q-1;+1. The minimum atomic E-state index is -7.22. The summed E-state index contributed by atoms with van der Waals surface area (Å²) in [6.07, 6.45) is -5.56. The van der Waals surface area contributed by atoms with Crippen molar-refractivity contribution in [1.29, 1.82) is 0 Å². The SMILES string of the molecule is Fc1c(F)c(F)c([B-](c2c(F)c(F)c(F)c(F)c2F)(c2c(F)c(F)c(F)c(F)c2F)c2c(F)c(F)c(F)c(F)c2F)c(F)c1F.O=C(C[n+]1ccc2ccccc2c1C(=O)CF)c1ccccc1. The van der Waals surface area contributed by atoms with E-state index >= 15 is 35.1 Å². The van der Waals surface area contributed by atoms with Crippen molar-refractivity contribution in [3.8, 4) is 0 Å². The van der Waals surface area contributed by atoms with Gasteiger partial charge in [-0.25, -0.2) is 92.2 Å². The number of hydrogen-bond donors (Lipinski definition) is 0. The van der Waals surface area contributed by atoms with E-state index in [-0.39, 0.29) is 18.0 Å². The quantitative estimate of drug-likeness (QED) is 0.0362. The second-order valence-electron chi connectivity index (χ2n) is 14.0. The predicted molar refractivity (Wildman–Crippen MR) is 194 cm³/mol. The highest BCUT2D eigenvalue weighted by atomic mass is 19.2. The van der Waals surface area contributed by atoms with Crippen molar-refractivity contribution in [2.24, 2.45) is 0 Å². The lowest BCUT2D eigenvalue weighted by Gasteiger charge is -2.44. The molecule has 0 bridgehead atoms. The van der Waals surface area contributed by atoms with Crippen LogP contribution in [0.3, 0.4) is 0 Å². The van der Waals surface area contributed by atoms with E-state index in [1.165, 1.54) is 4.57 Å². The number of hydrogen-bond acceptors (Lipinski definition) is 2. The number of benzene rings is 6. The van der Waals surface area contributed by atoms with Crippen LogP contribution >= 0.6 is 0 Å². The number of pyridine rings is 1. The summed E-state index contributed by atoms with van der Waals surface area (Å²) in [5.41, 5.74) is -13.5.